The number of aliphatic carboxylic acids is 1. The lowest BCUT2D eigenvalue weighted by atomic mass is 10.1. The van der Waals surface area contributed by atoms with Gasteiger partial charge in [0.25, 0.3) is 0 Å². The van der Waals surface area contributed by atoms with Crippen LogP contribution >= 0.6 is 0 Å². The van der Waals surface area contributed by atoms with Gasteiger partial charge in [0.05, 0.1) is 13.5 Å². The second-order valence-corrected chi connectivity index (χ2v) is 3.64. The second kappa shape index (κ2) is 7.61. The fraction of sp³-hybridized carbons (Fsp3) is 0.700. The Morgan fingerprint density at radius 3 is 2.35 bits per heavy atom. The van der Waals surface area contributed by atoms with E-state index in [-0.39, 0.29) is 12.3 Å². The van der Waals surface area contributed by atoms with E-state index in [2.05, 4.69) is 15.4 Å². The summed E-state index contributed by atoms with van der Waals surface area (Å²) in [5.74, 6) is -2.74. The first-order chi connectivity index (χ1) is 7.92. The fourth-order valence-electron chi connectivity index (χ4n) is 1.16. The number of rotatable bonds is 7. The predicted octanol–water partition coefficient (Wildman–Crippen LogP) is -1.03. The van der Waals surface area contributed by atoms with Gasteiger partial charge in [0.15, 0.2) is 0 Å². The third kappa shape index (κ3) is 5.86. The molecule has 17 heavy (non-hydrogen) atoms. The van der Waals surface area contributed by atoms with Crippen LogP contribution < -0.4 is 10.6 Å². The molecule has 0 aromatic rings. The highest BCUT2D eigenvalue weighted by Crippen LogP contribution is 1.99. The first-order valence-corrected chi connectivity index (χ1v) is 5.17. The van der Waals surface area contributed by atoms with Crippen LogP contribution in [0.2, 0.25) is 0 Å². The maximum absolute atomic E-state index is 11.6. The van der Waals surface area contributed by atoms with Crippen LogP contribution in [0.1, 0.15) is 13.3 Å². The molecule has 0 spiro atoms. The van der Waals surface area contributed by atoms with E-state index in [9.17, 15) is 14.4 Å². The molecule has 3 N–H and O–H groups in total. The Balaban J connectivity index is 4.39. The molecule has 0 heterocycles. The monoisotopic (exact) mass is 246 g/mol. The number of hydrogen-bond donors (Lipinski definition) is 3. The van der Waals surface area contributed by atoms with Crippen LogP contribution in [0.3, 0.4) is 0 Å². The van der Waals surface area contributed by atoms with Gasteiger partial charge in [-0.15, -0.1) is 0 Å². The summed E-state index contributed by atoms with van der Waals surface area (Å²) in [6, 6.07) is -1.26. The highest BCUT2D eigenvalue weighted by Gasteiger charge is 2.25. The number of carboxylic acids is 1. The Hall–Kier alpha value is -1.63. The Labute approximate surface area is 99.5 Å². The number of amides is 1. The van der Waals surface area contributed by atoms with Crippen LogP contribution in [0.15, 0.2) is 0 Å². The predicted molar refractivity (Wildman–Crippen MR) is 59.3 cm³/mol. The molecule has 2 atom stereocenters. The molecular formula is C10H18N2O5. The SMILES string of the molecule is CNCC(C)C(=O)N[C@@H](CC(=O)OC)C(=O)O. The molecule has 98 valence electrons. The van der Waals surface area contributed by atoms with Gasteiger partial charge in [0.1, 0.15) is 6.04 Å². The molecular weight excluding hydrogens is 228 g/mol. The summed E-state index contributed by atoms with van der Waals surface area (Å²) >= 11 is 0. The van der Waals surface area contributed by atoms with Crippen molar-refractivity contribution in [3.63, 3.8) is 0 Å². The summed E-state index contributed by atoms with van der Waals surface area (Å²) in [5, 5.41) is 13.9. The third-order valence-corrected chi connectivity index (χ3v) is 2.17. The molecule has 0 saturated carbocycles. The second-order valence-electron chi connectivity index (χ2n) is 3.64. The van der Waals surface area contributed by atoms with E-state index < -0.39 is 23.9 Å². The van der Waals surface area contributed by atoms with Gasteiger partial charge in [-0.25, -0.2) is 4.79 Å². The van der Waals surface area contributed by atoms with Crippen LogP contribution in [0.4, 0.5) is 0 Å². The van der Waals surface area contributed by atoms with E-state index in [0.29, 0.717) is 6.54 Å². The molecule has 0 bridgehead atoms. The normalized spacial score (nSPS) is 13.6. The minimum atomic E-state index is -1.26. The van der Waals surface area contributed by atoms with Gasteiger partial charge in [-0.1, -0.05) is 6.92 Å². The van der Waals surface area contributed by atoms with Crippen molar-refractivity contribution in [2.45, 2.75) is 19.4 Å². The number of ether oxygens (including phenoxy) is 1. The number of nitrogens with one attached hydrogen (secondary N) is 2. The van der Waals surface area contributed by atoms with Crippen molar-refractivity contribution >= 4 is 17.8 Å². The zero-order valence-corrected chi connectivity index (χ0v) is 10.1. The number of hydrogen-bond acceptors (Lipinski definition) is 5. The number of carboxylic acid groups (broad SMARTS) is 1. The van der Waals surface area contributed by atoms with Crippen LogP contribution in [-0.2, 0) is 19.1 Å². The van der Waals surface area contributed by atoms with Gasteiger partial charge in [0.2, 0.25) is 5.91 Å². The standard InChI is InChI=1S/C10H18N2O5/c1-6(5-11-2)9(14)12-7(10(15)16)4-8(13)17-3/h6-7,11H,4-5H2,1-3H3,(H,12,14)(H,15,16)/t6?,7-/m0/s1. The van der Waals surface area contributed by atoms with Crippen molar-refractivity contribution in [1.29, 1.82) is 0 Å². The first-order valence-electron chi connectivity index (χ1n) is 5.17. The van der Waals surface area contributed by atoms with Crippen LogP contribution in [0.5, 0.6) is 0 Å². The van der Waals surface area contributed by atoms with Crippen LogP contribution in [-0.4, -0.2) is 49.7 Å². The first kappa shape index (κ1) is 15.4. The minimum Gasteiger partial charge on any atom is -0.480 e. The Bertz CT molecular complexity index is 292. The Kier molecular flexibility index (Phi) is 6.88. The van der Waals surface area contributed by atoms with Gasteiger partial charge < -0.3 is 20.5 Å². The zero-order valence-electron chi connectivity index (χ0n) is 10.1. The van der Waals surface area contributed by atoms with E-state index in [1.165, 1.54) is 0 Å². The molecule has 1 amide bonds. The van der Waals surface area contributed by atoms with Crippen molar-refractivity contribution in [2.75, 3.05) is 20.7 Å². The molecule has 0 aliphatic carbocycles. The molecule has 0 saturated heterocycles. The average Bonchev–Trinajstić information content (AvgIpc) is 2.27. The number of carbonyl (C=O) groups excluding carboxylic acids is 2. The third-order valence-electron chi connectivity index (χ3n) is 2.17. The maximum atomic E-state index is 11.6. The van der Waals surface area contributed by atoms with E-state index >= 15 is 0 Å². The molecule has 0 aliphatic heterocycles. The minimum absolute atomic E-state index is 0.375. The number of esters is 1. The van der Waals surface area contributed by atoms with Gasteiger partial charge in [-0.2, -0.15) is 0 Å². The molecule has 0 aromatic heterocycles. The zero-order chi connectivity index (χ0) is 13.4. The van der Waals surface area contributed by atoms with Crippen molar-refractivity contribution < 1.29 is 24.2 Å². The van der Waals surface area contributed by atoms with Crippen molar-refractivity contribution in [3.8, 4) is 0 Å². The summed E-state index contributed by atoms with van der Waals surface area (Å²) in [5.41, 5.74) is 0. The summed E-state index contributed by atoms with van der Waals surface area (Å²) in [7, 11) is 2.85. The van der Waals surface area contributed by atoms with Crippen molar-refractivity contribution in [1.82, 2.24) is 10.6 Å². The topological polar surface area (TPSA) is 105 Å². The average molecular weight is 246 g/mol. The molecule has 7 nitrogen and oxygen atoms in total. The Morgan fingerprint density at radius 1 is 1.35 bits per heavy atom. The fourth-order valence-corrected chi connectivity index (χ4v) is 1.16. The number of methoxy groups -OCH3 is 1. The molecule has 0 aromatic carbocycles. The molecule has 7 heteroatoms. The lowest BCUT2D eigenvalue weighted by Crippen LogP contribution is -2.45. The quantitative estimate of drug-likeness (QED) is 0.496. The van der Waals surface area contributed by atoms with E-state index in [1.807, 2.05) is 0 Å². The number of carbonyl (C=O) groups is 3. The molecule has 0 fully saturated rings. The summed E-state index contributed by atoms with van der Waals surface area (Å²) < 4.78 is 4.35. The van der Waals surface area contributed by atoms with E-state index in [4.69, 9.17) is 5.11 Å². The van der Waals surface area contributed by atoms with Gasteiger partial charge >= 0.3 is 11.9 Å². The lowest BCUT2D eigenvalue weighted by molar-refractivity contribution is -0.149. The van der Waals surface area contributed by atoms with E-state index in [1.54, 1.807) is 14.0 Å². The van der Waals surface area contributed by atoms with Crippen molar-refractivity contribution in [3.05, 3.63) is 0 Å². The molecule has 1 unspecified atom stereocenters. The largest absolute Gasteiger partial charge is 0.480 e. The molecule has 0 radical (unpaired) electrons. The highest BCUT2D eigenvalue weighted by atomic mass is 16.5. The maximum Gasteiger partial charge on any atom is 0.326 e. The highest BCUT2D eigenvalue weighted by molar-refractivity contribution is 5.88. The van der Waals surface area contributed by atoms with E-state index in [0.717, 1.165) is 7.11 Å². The lowest BCUT2D eigenvalue weighted by Gasteiger charge is -2.16. The van der Waals surface area contributed by atoms with Crippen LogP contribution in [0, 0.1) is 5.92 Å². The summed E-state index contributed by atoms with van der Waals surface area (Å²) in [6.07, 6.45) is -0.385. The molecule has 0 rings (SSSR count). The molecule has 0 aliphatic rings. The van der Waals surface area contributed by atoms with Gasteiger partial charge in [-0.3, -0.25) is 9.59 Å². The Morgan fingerprint density at radius 2 is 1.94 bits per heavy atom. The van der Waals surface area contributed by atoms with Gasteiger partial charge in [-0.05, 0) is 7.05 Å². The summed E-state index contributed by atoms with van der Waals surface area (Å²) in [4.78, 5) is 33.3. The summed E-state index contributed by atoms with van der Waals surface area (Å²) in [6.45, 7) is 2.08. The smallest absolute Gasteiger partial charge is 0.326 e. The van der Waals surface area contributed by atoms with Crippen LogP contribution in [0.25, 0.3) is 0 Å². The van der Waals surface area contributed by atoms with Crippen molar-refractivity contribution in [2.24, 2.45) is 5.92 Å². The van der Waals surface area contributed by atoms with Gasteiger partial charge in [0, 0.05) is 12.5 Å².